The Morgan fingerprint density at radius 3 is 2.67 bits per heavy atom. The van der Waals surface area contributed by atoms with Crippen LogP contribution in [0.3, 0.4) is 0 Å². The Bertz CT molecular complexity index is 672. The summed E-state index contributed by atoms with van der Waals surface area (Å²) in [6.45, 7) is 5.54. The van der Waals surface area contributed by atoms with Gasteiger partial charge in [0.2, 0.25) is 0 Å². The van der Waals surface area contributed by atoms with Gasteiger partial charge in [-0.1, -0.05) is 0 Å². The molecule has 1 aromatic rings. The summed E-state index contributed by atoms with van der Waals surface area (Å²) in [4.78, 5) is 41.1. The van der Waals surface area contributed by atoms with Crippen molar-refractivity contribution in [1.82, 2.24) is 9.88 Å². The molecule has 132 valence electrons. The summed E-state index contributed by atoms with van der Waals surface area (Å²) in [6.07, 6.45) is 0.411. The molecule has 0 bridgehead atoms. The molecular formula is C15H21N3O5S. The van der Waals surface area contributed by atoms with E-state index < -0.39 is 28.8 Å². The van der Waals surface area contributed by atoms with Crippen molar-refractivity contribution < 1.29 is 24.2 Å². The lowest BCUT2D eigenvalue weighted by Gasteiger charge is -2.20. The largest absolute Gasteiger partial charge is 0.481 e. The van der Waals surface area contributed by atoms with Crippen LogP contribution < -0.4 is 5.32 Å². The number of carbonyl (C=O) groups excluding carboxylic acids is 2. The topological polar surface area (TPSA) is 109 Å². The quantitative estimate of drug-likeness (QED) is 0.799. The second-order valence-electron chi connectivity index (χ2n) is 6.62. The van der Waals surface area contributed by atoms with Gasteiger partial charge in [0.15, 0.2) is 5.13 Å². The second kappa shape index (κ2) is 6.39. The normalized spacial score (nSPS) is 20.8. The van der Waals surface area contributed by atoms with Gasteiger partial charge in [-0.05, 0) is 27.2 Å². The number of nitrogens with one attached hydrogen (secondary N) is 1. The molecule has 2 rings (SSSR count). The molecule has 0 aliphatic carbocycles. The van der Waals surface area contributed by atoms with Gasteiger partial charge < -0.3 is 14.7 Å². The van der Waals surface area contributed by atoms with Gasteiger partial charge in [0.1, 0.15) is 5.41 Å². The summed E-state index contributed by atoms with van der Waals surface area (Å²) in [5, 5.41) is 13.9. The highest BCUT2D eigenvalue weighted by atomic mass is 32.1. The van der Waals surface area contributed by atoms with Crippen LogP contribution in [0.2, 0.25) is 0 Å². The third kappa shape index (κ3) is 3.35. The summed E-state index contributed by atoms with van der Waals surface area (Å²) >= 11 is 1.20. The van der Waals surface area contributed by atoms with Crippen LogP contribution in [0.5, 0.6) is 0 Å². The Morgan fingerprint density at radius 1 is 1.46 bits per heavy atom. The van der Waals surface area contributed by atoms with E-state index in [1.54, 1.807) is 26.2 Å². The predicted molar refractivity (Wildman–Crippen MR) is 88.1 cm³/mol. The number of hydrogen-bond acceptors (Lipinski definition) is 6. The zero-order chi connectivity index (χ0) is 18.1. The number of ether oxygens (including phenoxy) is 1. The second-order valence-corrected chi connectivity index (χ2v) is 7.48. The number of urea groups is 1. The number of aliphatic carboxylic acids is 1. The molecule has 0 saturated carbocycles. The van der Waals surface area contributed by atoms with Crippen molar-refractivity contribution in [2.24, 2.45) is 5.41 Å². The Kier molecular flexibility index (Phi) is 4.84. The number of esters is 1. The summed E-state index contributed by atoms with van der Waals surface area (Å²) in [6, 6.07) is -0.392. The first-order valence-electron chi connectivity index (χ1n) is 7.44. The summed E-state index contributed by atoms with van der Waals surface area (Å²) in [5.41, 5.74) is -1.33. The minimum Gasteiger partial charge on any atom is -0.481 e. The molecular weight excluding hydrogens is 334 g/mol. The van der Waals surface area contributed by atoms with E-state index in [4.69, 9.17) is 4.74 Å². The van der Waals surface area contributed by atoms with Crippen LogP contribution in [-0.4, -0.2) is 53.2 Å². The molecule has 0 radical (unpaired) electrons. The average molecular weight is 355 g/mol. The van der Waals surface area contributed by atoms with E-state index in [1.165, 1.54) is 23.3 Å². The number of hydrogen-bond donors (Lipinski definition) is 2. The van der Waals surface area contributed by atoms with Crippen LogP contribution in [0.15, 0.2) is 5.38 Å². The van der Waals surface area contributed by atoms with E-state index in [9.17, 15) is 19.5 Å². The van der Waals surface area contributed by atoms with Crippen molar-refractivity contribution in [3.05, 3.63) is 11.1 Å². The number of methoxy groups -OCH3 is 1. The van der Waals surface area contributed by atoms with Gasteiger partial charge in [0, 0.05) is 18.5 Å². The first-order chi connectivity index (χ1) is 11.1. The third-order valence-electron chi connectivity index (χ3n) is 4.33. The van der Waals surface area contributed by atoms with Crippen LogP contribution in [0.4, 0.5) is 9.93 Å². The number of anilines is 1. The van der Waals surface area contributed by atoms with Gasteiger partial charge in [-0.3, -0.25) is 14.9 Å². The molecule has 24 heavy (non-hydrogen) atoms. The summed E-state index contributed by atoms with van der Waals surface area (Å²) in [7, 11) is 1.31. The number of thiazole rings is 1. The maximum Gasteiger partial charge on any atom is 0.323 e. The predicted octanol–water partition coefficient (Wildman–Crippen LogP) is 1.92. The summed E-state index contributed by atoms with van der Waals surface area (Å²) < 4.78 is 4.76. The number of carboxylic acid groups (broad SMARTS) is 1. The van der Waals surface area contributed by atoms with Crippen LogP contribution in [0.1, 0.15) is 32.9 Å². The van der Waals surface area contributed by atoms with Gasteiger partial charge >= 0.3 is 18.0 Å². The van der Waals surface area contributed by atoms with Crippen molar-refractivity contribution in [1.29, 1.82) is 0 Å². The molecule has 1 atom stereocenters. The SMILES string of the molecule is COC(=O)C(C)(C)c1csc(NC(=O)N2CCC(C)(C(=O)O)C2)n1. The average Bonchev–Trinajstić information content (AvgIpc) is 3.14. The van der Waals surface area contributed by atoms with E-state index in [1.807, 2.05) is 0 Å². The van der Waals surface area contributed by atoms with Gasteiger partial charge in [-0.25, -0.2) is 9.78 Å². The van der Waals surface area contributed by atoms with Crippen LogP contribution in [0, 0.1) is 5.41 Å². The standard InChI is InChI=1S/C15H21N3O5S/c1-14(2,11(21)23-4)9-7-24-12(16-9)17-13(22)18-6-5-15(3,8-18)10(19)20/h7H,5-6,8H2,1-4H3,(H,19,20)(H,16,17,22). The Morgan fingerprint density at radius 2 is 2.12 bits per heavy atom. The molecule has 8 nitrogen and oxygen atoms in total. The monoisotopic (exact) mass is 355 g/mol. The maximum absolute atomic E-state index is 12.3. The van der Waals surface area contributed by atoms with Crippen molar-refractivity contribution in [2.75, 3.05) is 25.5 Å². The van der Waals surface area contributed by atoms with Crippen LogP contribution >= 0.6 is 11.3 Å². The fourth-order valence-corrected chi connectivity index (χ4v) is 3.33. The smallest absolute Gasteiger partial charge is 0.323 e. The molecule has 1 fully saturated rings. The number of aromatic nitrogens is 1. The van der Waals surface area contributed by atoms with Crippen molar-refractivity contribution >= 4 is 34.4 Å². The molecule has 2 heterocycles. The molecule has 1 saturated heterocycles. The Hall–Kier alpha value is -2.16. The highest BCUT2D eigenvalue weighted by Gasteiger charge is 2.42. The van der Waals surface area contributed by atoms with E-state index >= 15 is 0 Å². The summed E-state index contributed by atoms with van der Waals surface area (Å²) in [5.74, 6) is -1.32. The number of likely N-dealkylation sites (tertiary alicyclic amines) is 1. The maximum atomic E-state index is 12.3. The molecule has 1 aromatic heterocycles. The van der Waals surface area contributed by atoms with Gasteiger partial charge in [0.05, 0.1) is 18.2 Å². The lowest BCUT2D eigenvalue weighted by molar-refractivity contribution is -0.147. The Balaban J connectivity index is 2.04. The molecule has 0 aromatic carbocycles. The van der Waals surface area contributed by atoms with Gasteiger partial charge in [-0.2, -0.15) is 0 Å². The van der Waals surface area contributed by atoms with Crippen LogP contribution in [-0.2, 0) is 19.7 Å². The lowest BCUT2D eigenvalue weighted by atomic mass is 9.90. The van der Waals surface area contributed by atoms with Crippen molar-refractivity contribution in [3.8, 4) is 0 Å². The van der Waals surface area contributed by atoms with E-state index in [2.05, 4.69) is 10.3 Å². The number of amides is 2. The third-order valence-corrected chi connectivity index (χ3v) is 5.09. The molecule has 1 unspecified atom stereocenters. The zero-order valence-electron chi connectivity index (χ0n) is 14.1. The zero-order valence-corrected chi connectivity index (χ0v) is 14.9. The molecule has 1 aliphatic heterocycles. The molecule has 2 N–H and O–H groups in total. The number of carbonyl (C=O) groups is 3. The Labute approximate surface area is 143 Å². The first-order valence-corrected chi connectivity index (χ1v) is 8.32. The lowest BCUT2D eigenvalue weighted by Crippen LogP contribution is -2.37. The minimum atomic E-state index is -0.918. The number of nitrogens with zero attached hydrogens (tertiary/aromatic N) is 2. The number of rotatable bonds is 4. The fourth-order valence-electron chi connectivity index (χ4n) is 2.46. The van der Waals surface area contributed by atoms with Gasteiger partial charge in [-0.15, -0.1) is 11.3 Å². The fraction of sp³-hybridized carbons (Fsp3) is 0.600. The molecule has 1 aliphatic rings. The van der Waals surface area contributed by atoms with Crippen molar-refractivity contribution in [3.63, 3.8) is 0 Å². The van der Waals surface area contributed by atoms with Crippen molar-refractivity contribution in [2.45, 2.75) is 32.6 Å². The first kappa shape index (κ1) is 18.2. The molecule has 9 heteroatoms. The van der Waals surface area contributed by atoms with E-state index in [0.29, 0.717) is 23.8 Å². The highest BCUT2D eigenvalue weighted by Crippen LogP contribution is 2.31. The highest BCUT2D eigenvalue weighted by molar-refractivity contribution is 7.14. The van der Waals surface area contributed by atoms with Crippen LogP contribution in [0.25, 0.3) is 0 Å². The minimum absolute atomic E-state index is 0.153. The number of carboxylic acids is 1. The van der Waals surface area contributed by atoms with E-state index in [-0.39, 0.29) is 6.54 Å². The molecule has 2 amide bonds. The van der Waals surface area contributed by atoms with E-state index in [0.717, 1.165) is 0 Å². The van der Waals surface area contributed by atoms with Gasteiger partial charge in [0.25, 0.3) is 0 Å². The molecule has 0 spiro atoms.